The average Bonchev–Trinajstić information content (AvgIpc) is 3.13. The molecule has 2 fully saturated rings. The molecule has 0 spiro atoms. The van der Waals surface area contributed by atoms with Gasteiger partial charge in [0.15, 0.2) is 6.54 Å². The highest BCUT2D eigenvalue weighted by atomic mass is 32.2. The first-order valence-corrected chi connectivity index (χ1v) is 11.3. The van der Waals surface area contributed by atoms with Crippen molar-refractivity contribution in [2.24, 2.45) is 0 Å². The first kappa shape index (κ1) is 20.8. The molecule has 1 amide bonds. The van der Waals surface area contributed by atoms with Gasteiger partial charge in [0.25, 0.3) is 5.91 Å². The third kappa shape index (κ3) is 4.37. The van der Waals surface area contributed by atoms with Gasteiger partial charge >= 0.3 is 0 Å². The minimum absolute atomic E-state index is 0.121. The zero-order valence-electron chi connectivity index (χ0n) is 16.6. The Bertz CT molecular complexity index is 877. The standard InChI is InChI=1S/C20H28N4O3S/c1-16-5-6-18(13-17(16)2)28(26,27)24-11-9-23(10-12-24)14-19(25)22-20(15-21)7-3-4-8-20/h5-6,13H,3-4,7-12,14H2,1-2H3,(H,22,25)/p+1. The number of quaternary nitrogens is 1. The number of sulfonamides is 1. The summed E-state index contributed by atoms with van der Waals surface area (Å²) in [6.45, 7) is 6.09. The Morgan fingerprint density at radius 2 is 1.86 bits per heavy atom. The SMILES string of the molecule is Cc1ccc(S(=O)(=O)N2CC[NH+](CC(=O)NC3(C#N)CCCC3)CC2)cc1C. The molecule has 1 saturated carbocycles. The fourth-order valence-corrected chi connectivity index (χ4v) is 5.55. The minimum Gasteiger partial charge on any atom is -0.333 e. The van der Waals surface area contributed by atoms with Gasteiger partial charge in [0, 0.05) is 0 Å². The van der Waals surface area contributed by atoms with Crippen molar-refractivity contribution < 1.29 is 18.1 Å². The van der Waals surface area contributed by atoms with E-state index in [1.165, 1.54) is 4.31 Å². The molecule has 1 heterocycles. The topological polar surface area (TPSA) is 94.7 Å². The molecule has 0 atom stereocenters. The third-order valence-electron chi connectivity index (χ3n) is 6.01. The van der Waals surface area contributed by atoms with E-state index in [1.54, 1.807) is 12.1 Å². The second-order valence-electron chi connectivity index (χ2n) is 8.03. The number of hydrogen-bond donors (Lipinski definition) is 2. The summed E-state index contributed by atoms with van der Waals surface area (Å²) in [4.78, 5) is 13.8. The van der Waals surface area contributed by atoms with Crippen molar-refractivity contribution in [2.45, 2.75) is 50.0 Å². The molecule has 2 N–H and O–H groups in total. The number of carbonyl (C=O) groups excluding carboxylic acids is 1. The van der Waals surface area contributed by atoms with E-state index in [0.29, 0.717) is 43.9 Å². The molecule has 1 aliphatic heterocycles. The molecule has 0 bridgehead atoms. The highest BCUT2D eigenvalue weighted by Crippen LogP contribution is 2.28. The zero-order chi connectivity index (χ0) is 20.4. The van der Waals surface area contributed by atoms with Gasteiger partial charge < -0.3 is 10.2 Å². The van der Waals surface area contributed by atoms with Crippen LogP contribution in [0.5, 0.6) is 0 Å². The molecular formula is C20H29N4O3S+. The van der Waals surface area contributed by atoms with Gasteiger partial charge in [-0.2, -0.15) is 9.57 Å². The van der Waals surface area contributed by atoms with Crippen LogP contribution in [0.3, 0.4) is 0 Å². The molecule has 2 aliphatic rings. The molecule has 0 aromatic heterocycles. The number of carbonyl (C=O) groups is 1. The van der Waals surface area contributed by atoms with Crippen LogP contribution in [0.2, 0.25) is 0 Å². The predicted octanol–water partition coefficient (Wildman–Crippen LogP) is 0.145. The van der Waals surface area contributed by atoms with Crippen LogP contribution < -0.4 is 10.2 Å². The van der Waals surface area contributed by atoms with Gasteiger partial charge in [0.1, 0.15) is 5.54 Å². The van der Waals surface area contributed by atoms with Crippen molar-refractivity contribution >= 4 is 15.9 Å². The third-order valence-corrected chi connectivity index (χ3v) is 7.90. The molecule has 1 saturated heterocycles. The van der Waals surface area contributed by atoms with E-state index in [-0.39, 0.29) is 12.5 Å². The maximum absolute atomic E-state index is 12.9. The minimum atomic E-state index is -3.51. The van der Waals surface area contributed by atoms with Crippen molar-refractivity contribution in [3.8, 4) is 6.07 Å². The van der Waals surface area contributed by atoms with Crippen LogP contribution in [-0.2, 0) is 14.8 Å². The number of piperazine rings is 1. The molecule has 0 radical (unpaired) electrons. The largest absolute Gasteiger partial charge is 0.333 e. The first-order chi connectivity index (χ1) is 13.3. The molecule has 3 rings (SSSR count). The van der Waals surface area contributed by atoms with Gasteiger partial charge in [-0.3, -0.25) is 4.79 Å². The zero-order valence-corrected chi connectivity index (χ0v) is 17.4. The maximum Gasteiger partial charge on any atom is 0.276 e. The lowest BCUT2D eigenvalue weighted by atomic mass is 10.00. The number of aryl methyl sites for hydroxylation is 2. The van der Waals surface area contributed by atoms with E-state index in [0.717, 1.165) is 28.9 Å². The Morgan fingerprint density at radius 1 is 1.21 bits per heavy atom. The Hall–Kier alpha value is -1.95. The molecule has 1 aromatic carbocycles. The normalized spacial score (nSPS) is 20.6. The van der Waals surface area contributed by atoms with E-state index in [1.807, 2.05) is 19.9 Å². The quantitative estimate of drug-likeness (QED) is 0.729. The van der Waals surface area contributed by atoms with E-state index in [4.69, 9.17) is 0 Å². The van der Waals surface area contributed by atoms with Gasteiger partial charge in [0.2, 0.25) is 10.0 Å². The molecular weight excluding hydrogens is 376 g/mol. The molecule has 1 aromatic rings. The highest BCUT2D eigenvalue weighted by Gasteiger charge is 2.37. The number of benzene rings is 1. The summed E-state index contributed by atoms with van der Waals surface area (Å²) in [5.41, 5.74) is 1.32. The van der Waals surface area contributed by atoms with Crippen LogP contribution in [0.25, 0.3) is 0 Å². The summed E-state index contributed by atoms with van der Waals surface area (Å²) in [5, 5.41) is 12.3. The van der Waals surface area contributed by atoms with Crippen molar-refractivity contribution in [1.82, 2.24) is 9.62 Å². The van der Waals surface area contributed by atoms with Crippen LogP contribution in [0.4, 0.5) is 0 Å². The highest BCUT2D eigenvalue weighted by molar-refractivity contribution is 7.89. The van der Waals surface area contributed by atoms with Gasteiger partial charge in [0.05, 0.1) is 37.1 Å². The molecule has 28 heavy (non-hydrogen) atoms. The van der Waals surface area contributed by atoms with E-state index in [9.17, 15) is 18.5 Å². The number of rotatable bonds is 5. The Labute approximate surface area is 167 Å². The van der Waals surface area contributed by atoms with Crippen LogP contribution in [0, 0.1) is 25.2 Å². The lowest BCUT2D eigenvalue weighted by Crippen LogP contribution is -3.16. The van der Waals surface area contributed by atoms with E-state index < -0.39 is 15.6 Å². The molecule has 1 aliphatic carbocycles. The van der Waals surface area contributed by atoms with Crippen molar-refractivity contribution in [2.75, 3.05) is 32.7 Å². The summed E-state index contributed by atoms with van der Waals surface area (Å²) in [6.07, 6.45) is 3.37. The van der Waals surface area contributed by atoms with E-state index >= 15 is 0 Å². The lowest BCUT2D eigenvalue weighted by Gasteiger charge is -2.32. The predicted molar refractivity (Wildman–Crippen MR) is 105 cm³/mol. The second kappa shape index (κ2) is 8.19. The summed E-state index contributed by atoms with van der Waals surface area (Å²) >= 11 is 0. The van der Waals surface area contributed by atoms with E-state index in [2.05, 4.69) is 11.4 Å². The lowest BCUT2D eigenvalue weighted by molar-refractivity contribution is -0.895. The monoisotopic (exact) mass is 405 g/mol. The number of nitriles is 1. The first-order valence-electron chi connectivity index (χ1n) is 9.89. The molecule has 0 unspecified atom stereocenters. The molecule has 152 valence electrons. The fourth-order valence-electron chi connectivity index (χ4n) is 4.02. The van der Waals surface area contributed by atoms with Crippen molar-refractivity contribution in [3.05, 3.63) is 29.3 Å². The number of amides is 1. The summed E-state index contributed by atoms with van der Waals surface area (Å²) in [5.74, 6) is -0.121. The Balaban J connectivity index is 1.56. The van der Waals surface area contributed by atoms with Gasteiger partial charge in [-0.05, 0) is 62.8 Å². The average molecular weight is 406 g/mol. The van der Waals surface area contributed by atoms with Crippen LogP contribution in [0.15, 0.2) is 23.1 Å². The molecule has 8 heteroatoms. The Morgan fingerprint density at radius 3 is 2.43 bits per heavy atom. The van der Waals surface area contributed by atoms with Crippen LogP contribution >= 0.6 is 0 Å². The second-order valence-corrected chi connectivity index (χ2v) is 9.96. The molecule has 7 nitrogen and oxygen atoms in total. The fraction of sp³-hybridized carbons (Fsp3) is 0.600. The summed E-state index contributed by atoms with van der Waals surface area (Å²) in [6, 6.07) is 7.49. The van der Waals surface area contributed by atoms with Gasteiger partial charge in [-0.25, -0.2) is 8.42 Å². The maximum atomic E-state index is 12.9. The number of nitrogens with one attached hydrogen (secondary N) is 2. The smallest absolute Gasteiger partial charge is 0.276 e. The van der Waals surface area contributed by atoms with Crippen LogP contribution in [0.1, 0.15) is 36.8 Å². The van der Waals surface area contributed by atoms with Crippen LogP contribution in [-0.4, -0.2) is 56.9 Å². The van der Waals surface area contributed by atoms with Crippen molar-refractivity contribution in [1.29, 1.82) is 5.26 Å². The number of hydrogen-bond acceptors (Lipinski definition) is 4. The summed E-state index contributed by atoms with van der Waals surface area (Å²) in [7, 11) is -3.51. The number of nitrogens with zero attached hydrogens (tertiary/aromatic N) is 2. The Kier molecular flexibility index (Phi) is 6.08. The van der Waals surface area contributed by atoms with Gasteiger partial charge in [-0.1, -0.05) is 6.07 Å². The summed E-state index contributed by atoms with van der Waals surface area (Å²) < 4.78 is 27.3. The van der Waals surface area contributed by atoms with Gasteiger partial charge in [-0.15, -0.1) is 0 Å². The van der Waals surface area contributed by atoms with Crippen molar-refractivity contribution in [3.63, 3.8) is 0 Å².